The molecule has 2 aromatic heterocycles. The van der Waals surface area contributed by atoms with E-state index in [0.717, 1.165) is 33.1 Å². The minimum Gasteiger partial charge on any atom is -0.384 e. The quantitative estimate of drug-likeness (QED) is 0.226. The van der Waals surface area contributed by atoms with Gasteiger partial charge in [-0.1, -0.05) is 30.3 Å². The number of para-hydroxylation sites is 1. The second-order valence-corrected chi connectivity index (χ2v) is 8.86. The van der Waals surface area contributed by atoms with Crippen molar-refractivity contribution in [2.75, 3.05) is 18.5 Å². The van der Waals surface area contributed by atoms with E-state index >= 15 is 0 Å². The fourth-order valence-corrected chi connectivity index (χ4v) is 4.93. The molecule has 0 aliphatic rings. The van der Waals surface area contributed by atoms with E-state index < -0.39 is 12.6 Å². The average molecular weight is 496 g/mol. The molecule has 37 heavy (non-hydrogen) atoms. The molecule has 0 radical (unpaired) electrons. The number of halogens is 2. The number of aromatic nitrogens is 3. The molecule has 1 amide bonds. The summed E-state index contributed by atoms with van der Waals surface area (Å²) in [7, 11) is 0. The van der Waals surface area contributed by atoms with Crippen LogP contribution in [0.15, 0.2) is 78.9 Å². The Morgan fingerprint density at radius 2 is 1.84 bits per heavy atom. The Bertz CT molecular complexity index is 1800. The van der Waals surface area contributed by atoms with E-state index in [-0.39, 0.29) is 5.82 Å². The van der Waals surface area contributed by atoms with Crippen molar-refractivity contribution in [1.29, 1.82) is 0 Å². The predicted molar refractivity (Wildman–Crippen MR) is 143 cm³/mol. The number of primary amides is 1. The van der Waals surface area contributed by atoms with Crippen LogP contribution >= 0.6 is 0 Å². The number of amides is 1. The Morgan fingerprint density at radius 1 is 1.00 bits per heavy atom. The second kappa shape index (κ2) is 9.05. The van der Waals surface area contributed by atoms with Gasteiger partial charge in [0.05, 0.1) is 34.3 Å². The molecule has 6 nitrogen and oxygen atoms in total. The van der Waals surface area contributed by atoms with E-state index in [1.54, 1.807) is 12.1 Å². The van der Waals surface area contributed by atoms with E-state index in [0.29, 0.717) is 41.1 Å². The normalized spacial score (nSPS) is 11.5. The monoisotopic (exact) mass is 495 g/mol. The molecule has 0 atom stereocenters. The van der Waals surface area contributed by atoms with Crippen LogP contribution in [-0.2, 0) is 0 Å². The zero-order chi connectivity index (χ0) is 25.5. The van der Waals surface area contributed by atoms with Crippen LogP contribution in [0.25, 0.3) is 49.9 Å². The Hall–Kier alpha value is -4.72. The highest BCUT2D eigenvalue weighted by atomic mass is 19.1. The molecule has 0 aliphatic carbocycles. The first-order valence-electron chi connectivity index (χ1n) is 12.0. The minimum atomic E-state index is -0.555. The fourth-order valence-electron chi connectivity index (χ4n) is 4.93. The van der Waals surface area contributed by atoms with Crippen molar-refractivity contribution in [1.82, 2.24) is 14.5 Å². The largest absolute Gasteiger partial charge is 0.384 e. The SMILES string of the molecule is NC(=O)c1ccc(-n2c3ccccc3c3c(-c4nc5ccc(F)cc5[nH]4)cccc32)cc1NCCCF. The number of nitrogens with zero attached hydrogens (tertiary/aromatic N) is 2. The Morgan fingerprint density at radius 3 is 2.68 bits per heavy atom. The molecule has 184 valence electrons. The Kier molecular flexibility index (Phi) is 5.56. The van der Waals surface area contributed by atoms with Crippen molar-refractivity contribution < 1.29 is 13.6 Å². The topological polar surface area (TPSA) is 88.7 Å². The van der Waals surface area contributed by atoms with Gasteiger partial charge in [0.1, 0.15) is 11.6 Å². The van der Waals surface area contributed by atoms with Crippen LogP contribution < -0.4 is 11.1 Å². The van der Waals surface area contributed by atoms with Gasteiger partial charge in [0.15, 0.2) is 0 Å². The van der Waals surface area contributed by atoms with Crippen molar-refractivity contribution >= 4 is 44.4 Å². The van der Waals surface area contributed by atoms with Crippen LogP contribution in [0.4, 0.5) is 14.5 Å². The van der Waals surface area contributed by atoms with Crippen molar-refractivity contribution in [3.05, 3.63) is 90.2 Å². The lowest BCUT2D eigenvalue weighted by Gasteiger charge is -2.14. The van der Waals surface area contributed by atoms with Gasteiger partial charge in [-0.3, -0.25) is 9.18 Å². The number of nitrogens with one attached hydrogen (secondary N) is 2. The number of H-pyrrole nitrogens is 1. The number of fused-ring (bicyclic) bond motifs is 4. The van der Waals surface area contributed by atoms with E-state index in [1.807, 2.05) is 48.5 Å². The number of aromatic amines is 1. The number of hydrogen-bond donors (Lipinski definition) is 3. The maximum absolute atomic E-state index is 13.8. The number of anilines is 1. The number of hydrogen-bond acceptors (Lipinski definition) is 3. The smallest absolute Gasteiger partial charge is 0.250 e. The summed E-state index contributed by atoms with van der Waals surface area (Å²) in [5.41, 5.74) is 11.4. The lowest BCUT2D eigenvalue weighted by Crippen LogP contribution is -2.15. The number of carbonyl (C=O) groups is 1. The van der Waals surface area contributed by atoms with Crippen LogP contribution in [-0.4, -0.2) is 33.7 Å². The van der Waals surface area contributed by atoms with Gasteiger partial charge in [-0.05, 0) is 55.0 Å². The molecule has 0 bridgehead atoms. The summed E-state index contributed by atoms with van der Waals surface area (Å²) in [6, 6.07) is 23.9. The number of nitrogens with two attached hydrogens (primary N) is 1. The van der Waals surface area contributed by atoms with E-state index in [4.69, 9.17) is 10.7 Å². The maximum atomic E-state index is 13.8. The zero-order valence-electron chi connectivity index (χ0n) is 19.8. The maximum Gasteiger partial charge on any atom is 0.250 e. The third-order valence-electron chi connectivity index (χ3n) is 6.55. The van der Waals surface area contributed by atoms with Gasteiger partial charge >= 0.3 is 0 Å². The molecule has 0 aliphatic heterocycles. The summed E-state index contributed by atoms with van der Waals surface area (Å²) in [5, 5.41) is 5.16. The van der Waals surface area contributed by atoms with Crippen molar-refractivity contribution in [2.24, 2.45) is 5.73 Å². The molecule has 6 aromatic rings. The third-order valence-corrected chi connectivity index (χ3v) is 6.55. The zero-order valence-corrected chi connectivity index (χ0v) is 19.8. The number of rotatable bonds is 7. The number of imidazole rings is 1. The van der Waals surface area contributed by atoms with Gasteiger partial charge < -0.3 is 20.6 Å². The highest BCUT2D eigenvalue weighted by molar-refractivity contribution is 6.15. The van der Waals surface area contributed by atoms with Crippen LogP contribution in [0.2, 0.25) is 0 Å². The molecule has 0 spiro atoms. The molecule has 6 rings (SSSR count). The van der Waals surface area contributed by atoms with Crippen molar-refractivity contribution in [3.8, 4) is 17.1 Å². The molecule has 4 aromatic carbocycles. The van der Waals surface area contributed by atoms with Gasteiger partial charge in [0.2, 0.25) is 0 Å². The fraction of sp³-hybridized carbons (Fsp3) is 0.103. The van der Waals surface area contributed by atoms with E-state index in [1.165, 1.54) is 12.1 Å². The molecule has 0 fully saturated rings. The molecular formula is C29H23F2N5O. The summed E-state index contributed by atoms with van der Waals surface area (Å²) >= 11 is 0. The molecule has 0 saturated heterocycles. The second-order valence-electron chi connectivity index (χ2n) is 8.86. The molecule has 0 saturated carbocycles. The average Bonchev–Trinajstić information content (AvgIpc) is 3.47. The number of alkyl halides is 1. The molecule has 0 unspecified atom stereocenters. The number of carbonyl (C=O) groups excluding carboxylic acids is 1. The summed E-state index contributed by atoms with van der Waals surface area (Å²) in [6.45, 7) is -0.0765. The lowest BCUT2D eigenvalue weighted by atomic mass is 10.1. The first kappa shape index (κ1) is 22.7. The summed E-state index contributed by atoms with van der Waals surface area (Å²) in [5.74, 6) is -0.236. The van der Waals surface area contributed by atoms with Crippen molar-refractivity contribution in [2.45, 2.75) is 6.42 Å². The van der Waals surface area contributed by atoms with E-state index in [9.17, 15) is 13.6 Å². The summed E-state index contributed by atoms with van der Waals surface area (Å²) < 4.78 is 28.6. The van der Waals surface area contributed by atoms with Crippen LogP contribution in [0.3, 0.4) is 0 Å². The Labute approximate surface area is 210 Å². The van der Waals surface area contributed by atoms with Gasteiger partial charge in [-0.2, -0.15) is 0 Å². The van der Waals surface area contributed by atoms with Gasteiger partial charge in [0, 0.05) is 34.3 Å². The van der Waals surface area contributed by atoms with Crippen molar-refractivity contribution in [3.63, 3.8) is 0 Å². The summed E-state index contributed by atoms with van der Waals surface area (Å²) in [6.07, 6.45) is 0.322. The van der Waals surface area contributed by atoms with Gasteiger partial charge in [0.25, 0.3) is 5.91 Å². The highest BCUT2D eigenvalue weighted by Gasteiger charge is 2.19. The van der Waals surface area contributed by atoms with Crippen LogP contribution in [0, 0.1) is 5.82 Å². The predicted octanol–water partition coefficient (Wildman–Crippen LogP) is 6.34. The molecular weight excluding hydrogens is 472 g/mol. The van der Waals surface area contributed by atoms with Gasteiger partial charge in [-0.15, -0.1) is 0 Å². The standard InChI is InChI=1S/C29H23F2N5O/c30-13-4-14-33-23-16-18(10-11-19(23)28(32)37)36-25-7-2-1-5-20(25)27-21(6-3-8-26(27)36)29-34-22-12-9-17(31)15-24(22)35-29/h1-3,5-12,15-16,33H,4,13-14H2,(H2,32,37)(H,34,35). The third kappa shape index (κ3) is 3.87. The first-order chi connectivity index (χ1) is 18.0. The van der Waals surface area contributed by atoms with Gasteiger partial charge in [-0.25, -0.2) is 9.37 Å². The Balaban J connectivity index is 1.59. The van der Waals surface area contributed by atoms with E-state index in [2.05, 4.69) is 20.9 Å². The summed E-state index contributed by atoms with van der Waals surface area (Å²) in [4.78, 5) is 20.0. The lowest BCUT2D eigenvalue weighted by molar-refractivity contribution is 0.100. The molecule has 8 heteroatoms. The molecule has 4 N–H and O–H groups in total. The minimum absolute atomic E-state index is 0.322. The van der Waals surface area contributed by atoms with Crippen LogP contribution in [0.5, 0.6) is 0 Å². The molecule has 2 heterocycles. The highest BCUT2D eigenvalue weighted by Crippen LogP contribution is 2.38. The number of benzene rings is 4. The van der Waals surface area contributed by atoms with Crippen LogP contribution in [0.1, 0.15) is 16.8 Å². The first-order valence-corrected chi connectivity index (χ1v) is 12.0.